The van der Waals surface area contributed by atoms with Crippen molar-refractivity contribution in [2.24, 2.45) is 5.73 Å². The summed E-state index contributed by atoms with van der Waals surface area (Å²) < 4.78 is 6.19. The number of piperidine rings is 1. The molecule has 0 spiro atoms. The van der Waals surface area contributed by atoms with Gasteiger partial charge in [-0.15, -0.1) is 0 Å². The van der Waals surface area contributed by atoms with Gasteiger partial charge in [-0.05, 0) is 68.5 Å². The summed E-state index contributed by atoms with van der Waals surface area (Å²) in [6.07, 6.45) is 8.77. The number of hydrogen-bond acceptors (Lipinski definition) is 3. The van der Waals surface area contributed by atoms with Crippen molar-refractivity contribution in [3.63, 3.8) is 0 Å². The van der Waals surface area contributed by atoms with Crippen LogP contribution >= 0.6 is 0 Å². The zero-order chi connectivity index (χ0) is 16.1. The quantitative estimate of drug-likeness (QED) is 0.875. The molecule has 1 aromatic rings. The van der Waals surface area contributed by atoms with Gasteiger partial charge < -0.3 is 15.8 Å². The lowest BCUT2D eigenvalue weighted by Crippen LogP contribution is -2.52. The minimum atomic E-state index is 0.261. The second-order valence-electron chi connectivity index (χ2n) is 7.23. The van der Waals surface area contributed by atoms with Crippen molar-refractivity contribution in [2.75, 3.05) is 13.2 Å². The highest BCUT2D eigenvalue weighted by Crippen LogP contribution is 2.35. The van der Waals surface area contributed by atoms with Crippen LogP contribution in [0.15, 0.2) is 24.3 Å². The van der Waals surface area contributed by atoms with Gasteiger partial charge in [-0.25, -0.2) is 0 Å². The van der Waals surface area contributed by atoms with E-state index in [4.69, 9.17) is 10.5 Å². The Kier molecular flexibility index (Phi) is 6.09. The maximum atomic E-state index is 6.19. The van der Waals surface area contributed by atoms with Crippen molar-refractivity contribution in [1.82, 2.24) is 5.32 Å². The molecule has 1 aromatic carbocycles. The molecule has 23 heavy (non-hydrogen) atoms. The number of hydrogen-bond donors (Lipinski definition) is 2. The van der Waals surface area contributed by atoms with Gasteiger partial charge in [0.1, 0.15) is 0 Å². The van der Waals surface area contributed by atoms with Gasteiger partial charge in [-0.2, -0.15) is 0 Å². The highest BCUT2D eigenvalue weighted by atomic mass is 16.5. The molecule has 1 heterocycles. The predicted octanol–water partition coefficient (Wildman–Crippen LogP) is 3.37. The summed E-state index contributed by atoms with van der Waals surface area (Å²) in [6.45, 7) is 4.12. The Hall–Kier alpha value is -0.900. The van der Waals surface area contributed by atoms with Crippen molar-refractivity contribution < 1.29 is 4.74 Å². The van der Waals surface area contributed by atoms with Gasteiger partial charge in [-0.3, -0.25) is 0 Å². The molecule has 1 saturated heterocycles. The normalized spacial score (nSPS) is 31.9. The van der Waals surface area contributed by atoms with Crippen LogP contribution in [0.3, 0.4) is 0 Å². The van der Waals surface area contributed by atoms with E-state index in [-0.39, 0.29) is 6.04 Å². The van der Waals surface area contributed by atoms with Gasteiger partial charge in [0.25, 0.3) is 0 Å². The Morgan fingerprint density at radius 1 is 1.13 bits per heavy atom. The van der Waals surface area contributed by atoms with Crippen LogP contribution in [0.2, 0.25) is 0 Å². The summed E-state index contributed by atoms with van der Waals surface area (Å²) in [4.78, 5) is 0. The van der Waals surface area contributed by atoms with Crippen molar-refractivity contribution in [1.29, 1.82) is 0 Å². The molecule has 3 rings (SSSR count). The van der Waals surface area contributed by atoms with E-state index < -0.39 is 0 Å². The van der Waals surface area contributed by atoms with Crippen molar-refractivity contribution in [2.45, 2.75) is 76.0 Å². The molecule has 0 bridgehead atoms. The van der Waals surface area contributed by atoms with E-state index in [9.17, 15) is 0 Å². The second-order valence-corrected chi connectivity index (χ2v) is 7.23. The second kappa shape index (κ2) is 8.27. The Bertz CT molecular complexity index is 482. The van der Waals surface area contributed by atoms with Crippen LogP contribution in [0.5, 0.6) is 0 Å². The predicted molar refractivity (Wildman–Crippen MR) is 95.8 cm³/mol. The van der Waals surface area contributed by atoms with Crippen LogP contribution < -0.4 is 11.1 Å². The highest BCUT2D eigenvalue weighted by molar-refractivity contribution is 5.30. The molecule has 2 aliphatic rings. The summed E-state index contributed by atoms with van der Waals surface area (Å²) in [5.41, 5.74) is 9.28. The summed E-state index contributed by atoms with van der Waals surface area (Å²) in [5, 5.41) is 3.51. The molecule has 2 atom stereocenters. The van der Waals surface area contributed by atoms with Crippen LogP contribution in [0.25, 0.3) is 0 Å². The first-order chi connectivity index (χ1) is 11.3. The smallest absolute Gasteiger partial charge is 0.0638 e. The Balaban J connectivity index is 1.47. The number of rotatable bonds is 5. The van der Waals surface area contributed by atoms with E-state index in [0.717, 1.165) is 31.9 Å². The summed E-state index contributed by atoms with van der Waals surface area (Å²) >= 11 is 0. The van der Waals surface area contributed by atoms with Gasteiger partial charge in [0.15, 0.2) is 0 Å². The van der Waals surface area contributed by atoms with E-state index in [1.807, 2.05) is 0 Å². The topological polar surface area (TPSA) is 47.3 Å². The zero-order valence-electron chi connectivity index (χ0n) is 14.5. The monoisotopic (exact) mass is 316 g/mol. The average molecular weight is 316 g/mol. The zero-order valence-corrected chi connectivity index (χ0v) is 14.5. The molecule has 1 aliphatic carbocycles. The molecular weight excluding hydrogens is 284 g/mol. The van der Waals surface area contributed by atoms with E-state index in [1.165, 1.54) is 37.7 Å². The fourth-order valence-corrected chi connectivity index (χ4v) is 4.19. The third-order valence-corrected chi connectivity index (χ3v) is 5.70. The van der Waals surface area contributed by atoms with Gasteiger partial charge >= 0.3 is 0 Å². The van der Waals surface area contributed by atoms with Crippen LogP contribution in [-0.2, 0) is 11.2 Å². The van der Waals surface area contributed by atoms with E-state index in [1.54, 1.807) is 5.56 Å². The summed E-state index contributed by atoms with van der Waals surface area (Å²) in [7, 11) is 0. The maximum Gasteiger partial charge on any atom is 0.0638 e. The van der Waals surface area contributed by atoms with Crippen molar-refractivity contribution in [3.8, 4) is 0 Å². The molecular formula is C20H32N2O. The Morgan fingerprint density at radius 2 is 1.91 bits per heavy atom. The third-order valence-electron chi connectivity index (χ3n) is 5.70. The van der Waals surface area contributed by atoms with Crippen molar-refractivity contribution >= 4 is 0 Å². The van der Waals surface area contributed by atoms with Gasteiger partial charge in [0.2, 0.25) is 0 Å². The van der Waals surface area contributed by atoms with E-state index in [2.05, 4.69) is 36.5 Å². The van der Waals surface area contributed by atoms with Crippen LogP contribution in [0.1, 0.15) is 62.5 Å². The molecule has 0 aromatic heterocycles. The van der Waals surface area contributed by atoms with Crippen LogP contribution in [0, 0.1) is 0 Å². The van der Waals surface area contributed by atoms with E-state index in [0.29, 0.717) is 12.1 Å². The first kappa shape index (κ1) is 16.9. The molecule has 0 amide bonds. The number of benzene rings is 1. The van der Waals surface area contributed by atoms with Crippen LogP contribution in [-0.4, -0.2) is 31.3 Å². The third kappa shape index (κ3) is 4.34. The van der Waals surface area contributed by atoms with E-state index >= 15 is 0 Å². The lowest BCUT2D eigenvalue weighted by molar-refractivity contribution is 0.00616. The van der Waals surface area contributed by atoms with Gasteiger partial charge in [-0.1, -0.05) is 31.2 Å². The SMILES string of the molecule is CCc1ccccc1C1CCC(OCC2NCCCC2N)CC1. The lowest BCUT2D eigenvalue weighted by atomic mass is 9.80. The minimum absolute atomic E-state index is 0.261. The first-order valence-corrected chi connectivity index (χ1v) is 9.46. The number of nitrogens with one attached hydrogen (secondary N) is 1. The molecule has 3 heteroatoms. The molecule has 2 fully saturated rings. The van der Waals surface area contributed by atoms with Gasteiger partial charge in [0.05, 0.1) is 12.7 Å². The standard InChI is InChI=1S/C20H32N2O/c1-2-15-6-3-4-7-18(15)16-9-11-17(12-10-16)23-14-20-19(21)8-5-13-22-20/h3-4,6-7,16-17,19-20,22H,2,5,8-14,21H2,1H3. The fraction of sp³-hybridized carbons (Fsp3) is 0.700. The minimum Gasteiger partial charge on any atom is -0.377 e. The summed E-state index contributed by atoms with van der Waals surface area (Å²) in [5.74, 6) is 0.723. The molecule has 1 aliphatic heterocycles. The summed E-state index contributed by atoms with van der Waals surface area (Å²) in [6, 6.07) is 9.58. The Morgan fingerprint density at radius 3 is 2.65 bits per heavy atom. The number of ether oxygens (including phenoxy) is 1. The van der Waals surface area contributed by atoms with Gasteiger partial charge in [0, 0.05) is 12.1 Å². The first-order valence-electron chi connectivity index (χ1n) is 9.46. The molecule has 0 radical (unpaired) electrons. The highest BCUT2D eigenvalue weighted by Gasteiger charge is 2.26. The molecule has 1 saturated carbocycles. The number of aryl methyl sites for hydroxylation is 1. The molecule has 3 N–H and O–H groups in total. The average Bonchev–Trinajstić information content (AvgIpc) is 2.61. The molecule has 128 valence electrons. The van der Waals surface area contributed by atoms with Crippen molar-refractivity contribution in [3.05, 3.63) is 35.4 Å². The maximum absolute atomic E-state index is 6.19. The largest absolute Gasteiger partial charge is 0.377 e. The van der Waals surface area contributed by atoms with Crippen LogP contribution in [0.4, 0.5) is 0 Å². The fourth-order valence-electron chi connectivity index (χ4n) is 4.19. The Labute approximate surface area is 141 Å². The molecule has 3 nitrogen and oxygen atoms in total. The number of nitrogens with two attached hydrogens (primary N) is 1. The molecule has 2 unspecified atom stereocenters. The lowest BCUT2D eigenvalue weighted by Gasteiger charge is -2.34.